The van der Waals surface area contributed by atoms with E-state index in [1.807, 2.05) is 31.3 Å². The first kappa shape index (κ1) is 12.5. The molecule has 4 heteroatoms. The predicted molar refractivity (Wildman–Crippen MR) is 80.8 cm³/mol. The standard InChI is InChI=1S/C17H17N3O/c1-12-18-9-14-10-20(7-6-16(14)19-12)11-15-8-13-4-2-3-5-17(13)21-15/h2-5,8-9H,6-7,10-11H2,1H3. The molecular weight excluding hydrogens is 262 g/mol. The van der Waals surface area contributed by atoms with Crippen LogP contribution < -0.4 is 0 Å². The van der Waals surface area contributed by atoms with E-state index in [0.29, 0.717) is 0 Å². The van der Waals surface area contributed by atoms with Crippen molar-refractivity contribution in [1.82, 2.24) is 14.9 Å². The number of hydrogen-bond donors (Lipinski definition) is 0. The minimum atomic E-state index is 0.835. The van der Waals surface area contributed by atoms with Crippen molar-refractivity contribution in [2.75, 3.05) is 6.54 Å². The van der Waals surface area contributed by atoms with Crippen molar-refractivity contribution in [3.05, 3.63) is 59.4 Å². The van der Waals surface area contributed by atoms with Crippen molar-refractivity contribution in [1.29, 1.82) is 0 Å². The molecule has 1 aliphatic heterocycles. The maximum Gasteiger partial charge on any atom is 0.134 e. The Bertz CT molecular complexity index is 761. The lowest BCUT2D eigenvalue weighted by Crippen LogP contribution is -2.30. The Hall–Kier alpha value is -2.20. The second-order valence-corrected chi connectivity index (χ2v) is 5.60. The van der Waals surface area contributed by atoms with Crippen molar-refractivity contribution in [2.45, 2.75) is 26.4 Å². The summed E-state index contributed by atoms with van der Waals surface area (Å²) < 4.78 is 5.90. The van der Waals surface area contributed by atoms with Gasteiger partial charge in [-0.05, 0) is 19.1 Å². The quantitative estimate of drug-likeness (QED) is 0.723. The molecule has 0 saturated carbocycles. The number of nitrogens with zero attached hydrogens (tertiary/aromatic N) is 3. The van der Waals surface area contributed by atoms with Gasteiger partial charge in [-0.25, -0.2) is 9.97 Å². The van der Waals surface area contributed by atoms with Crippen LogP contribution in [0.3, 0.4) is 0 Å². The monoisotopic (exact) mass is 279 g/mol. The van der Waals surface area contributed by atoms with Crippen LogP contribution in [0.5, 0.6) is 0 Å². The van der Waals surface area contributed by atoms with Crippen molar-refractivity contribution >= 4 is 11.0 Å². The topological polar surface area (TPSA) is 42.2 Å². The van der Waals surface area contributed by atoms with Gasteiger partial charge >= 0.3 is 0 Å². The molecule has 0 spiro atoms. The van der Waals surface area contributed by atoms with Crippen LogP contribution in [0.25, 0.3) is 11.0 Å². The fourth-order valence-corrected chi connectivity index (χ4v) is 2.94. The molecule has 0 aliphatic carbocycles. The zero-order valence-electron chi connectivity index (χ0n) is 12.0. The molecule has 0 bridgehead atoms. The summed E-state index contributed by atoms with van der Waals surface area (Å²) >= 11 is 0. The Kier molecular flexibility index (Phi) is 2.97. The summed E-state index contributed by atoms with van der Waals surface area (Å²) in [5.41, 5.74) is 3.40. The molecule has 0 unspecified atom stereocenters. The first-order chi connectivity index (χ1) is 10.3. The summed E-state index contributed by atoms with van der Waals surface area (Å²) in [7, 11) is 0. The highest BCUT2D eigenvalue weighted by Gasteiger charge is 2.19. The largest absolute Gasteiger partial charge is 0.460 e. The lowest BCUT2D eigenvalue weighted by Gasteiger charge is -2.27. The Morgan fingerprint density at radius 2 is 2.19 bits per heavy atom. The van der Waals surface area contributed by atoms with E-state index in [2.05, 4.69) is 27.0 Å². The fourth-order valence-electron chi connectivity index (χ4n) is 2.94. The van der Waals surface area contributed by atoms with Crippen LogP contribution >= 0.6 is 0 Å². The summed E-state index contributed by atoms with van der Waals surface area (Å²) in [5.74, 6) is 1.88. The molecule has 0 amide bonds. The number of fused-ring (bicyclic) bond motifs is 2. The average Bonchev–Trinajstić information content (AvgIpc) is 2.89. The van der Waals surface area contributed by atoms with Gasteiger partial charge in [-0.1, -0.05) is 18.2 Å². The second-order valence-electron chi connectivity index (χ2n) is 5.60. The predicted octanol–water partition coefficient (Wildman–Crippen LogP) is 3.09. The molecule has 0 radical (unpaired) electrons. The van der Waals surface area contributed by atoms with Crippen LogP contribution in [0.2, 0.25) is 0 Å². The van der Waals surface area contributed by atoms with E-state index in [0.717, 1.165) is 43.2 Å². The summed E-state index contributed by atoms with van der Waals surface area (Å²) in [6, 6.07) is 10.3. The Balaban J connectivity index is 1.54. The number of benzene rings is 1. The lowest BCUT2D eigenvalue weighted by molar-refractivity contribution is 0.225. The smallest absolute Gasteiger partial charge is 0.134 e. The molecule has 1 aromatic carbocycles. The van der Waals surface area contributed by atoms with E-state index in [9.17, 15) is 0 Å². The highest BCUT2D eigenvalue weighted by Crippen LogP contribution is 2.23. The van der Waals surface area contributed by atoms with Crippen molar-refractivity contribution in [3.8, 4) is 0 Å². The molecule has 0 atom stereocenters. The first-order valence-corrected chi connectivity index (χ1v) is 7.29. The number of aryl methyl sites for hydroxylation is 1. The first-order valence-electron chi connectivity index (χ1n) is 7.29. The zero-order valence-corrected chi connectivity index (χ0v) is 12.0. The van der Waals surface area contributed by atoms with Gasteiger partial charge in [0.05, 0.1) is 6.54 Å². The molecule has 3 heterocycles. The van der Waals surface area contributed by atoms with Gasteiger partial charge in [0.25, 0.3) is 0 Å². The number of para-hydroxylation sites is 1. The van der Waals surface area contributed by atoms with Gasteiger partial charge in [-0.15, -0.1) is 0 Å². The van der Waals surface area contributed by atoms with E-state index < -0.39 is 0 Å². The van der Waals surface area contributed by atoms with Crippen molar-refractivity contribution in [2.24, 2.45) is 0 Å². The van der Waals surface area contributed by atoms with Crippen LogP contribution in [0.4, 0.5) is 0 Å². The van der Waals surface area contributed by atoms with Gasteiger partial charge in [0, 0.05) is 42.4 Å². The zero-order chi connectivity index (χ0) is 14.2. The van der Waals surface area contributed by atoms with Gasteiger partial charge < -0.3 is 4.42 Å². The van der Waals surface area contributed by atoms with Gasteiger partial charge in [-0.2, -0.15) is 0 Å². The molecule has 4 nitrogen and oxygen atoms in total. The van der Waals surface area contributed by atoms with Crippen LogP contribution in [-0.4, -0.2) is 21.4 Å². The van der Waals surface area contributed by atoms with E-state index in [-0.39, 0.29) is 0 Å². The van der Waals surface area contributed by atoms with Crippen molar-refractivity contribution < 1.29 is 4.42 Å². The Morgan fingerprint density at radius 1 is 1.29 bits per heavy atom. The van der Waals surface area contributed by atoms with E-state index >= 15 is 0 Å². The second kappa shape index (κ2) is 4.97. The molecular formula is C17H17N3O. The highest BCUT2D eigenvalue weighted by atomic mass is 16.3. The molecule has 1 aliphatic rings. The minimum absolute atomic E-state index is 0.835. The molecule has 4 rings (SSSR count). The average molecular weight is 279 g/mol. The summed E-state index contributed by atoms with van der Waals surface area (Å²) in [6.45, 7) is 4.69. The number of aromatic nitrogens is 2. The molecule has 21 heavy (non-hydrogen) atoms. The molecule has 3 aromatic rings. The molecule has 106 valence electrons. The van der Waals surface area contributed by atoms with E-state index in [4.69, 9.17) is 4.42 Å². The molecule has 0 fully saturated rings. The SMILES string of the molecule is Cc1ncc2c(n1)CCN(Cc1cc3ccccc3o1)C2. The number of rotatable bonds is 2. The third-order valence-electron chi connectivity index (χ3n) is 3.99. The fraction of sp³-hybridized carbons (Fsp3) is 0.294. The summed E-state index contributed by atoms with van der Waals surface area (Å²) in [5, 5.41) is 1.17. The van der Waals surface area contributed by atoms with Crippen LogP contribution in [-0.2, 0) is 19.5 Å². The molecule has 2 aromatic heterocycles. The lowest BCUT2D eigenvalue weighted by atomic mass is 10.1. The van der Waals surface area contributed by atoms with Crippen molar-refractivity contribution in [3.63, 3.8) is 0 Å². The van der Waals surface area contributed by atoms with Gasteiger partial charge in [-0.3, -0.25) is 4.90 Å². The Morgan fingerprint density at radius 3 is 3.10 bits per heavy atom. The third kappa shape index (κ3) is 2.43. The molecule has 0 saturated heterocycles. The van der Waals surface area contributed by atoms with Gasteiger partial charge in [0.15, 0.2) is 0 Å². The van der Waals surface area contributed by atoms with E-state index in [1.54, 1.807) is 0 Å². The molecule has 0 N–H and O–H groups in total. The number of furan rings is 1. The summed E-state index contributed by atoms with van der Waals surface area (Å²) in [6.07, 6.45) is 2.95. The summed E-state index contributed by atoms with van der Waals surface area (Å²) in [4.78, 5) is 11.2. The number of hydrogen-bond acceptors (Lipinski definition) is 4. The van der Waals surface area contributed by atoms with Gasteiger partial charge in [0.1, 0.15) is 17.2 Å². The third-order valence-corrected chi connectivity index (χ3v) is 3.99. The maximum atomic E-state index is 5.90. The van der Waals surface area contributed by atoms with Crippen LogP contribution in [0.15, 0.2) is 40.9 Å². The van der Waals surface area contributed by atoms with Crippen LogP contribution in [0.1, 0.15) is 22.8 Å². The minimum Gasteiger partial charge on any atom is -0.460 e. The Labute approximate surface area is 123 Å². The normalized spacial score (nSPS) is 15.3. The van der Waals surface area contributed by atoms with Gasteiger partial charge in [0.2, 0.25) is 0 Å². The van der Waals surface area contributed by atoms with Crippen LogP contribution in [0, 0.1) is 6.92 Å². The maximum absolute atomic E-state index is 5.90. The highest BCUT2D eigenvalue weighted by molar-refractivity contribution is 5.77. The van der Waals surface area contributed by atoms with E-state index in [1.165, 1.54) is 16.6 Å².